The molecule has 5 aromatic rings. The van der Waals surface area contributed by atoms with Crippen molar-refractivity contribution < 1.29 is 4.79 Å². The van der Waals surface area contributed by atoms with Gasteiger partial charge in [-0.05, 0) is 57.9 Å². The van der Waals surface area contributed by atoms with Gasteiger partial charge in [0.2, 0.25) is 0 Å². The predicted octanol–water partition coefficient (Wildman–Crippen LogP) is 6.92. The van der Waals surface area contributed by atoms with Gasteiger partial charge in [0.05, 0.1) is 11.1 Å². The fraction of sp³-hybridized carbons (Fsp3) is 0.0357. The van der Waals surface area contributed by atoms with Crippen LogP contribution in [0.4, 0.5) is 11.4 Å². The summed E-state index contributed by atoms with van der Waals surface area (Å²) in [5.74, 6) is -0.165. The van der Waals surface area contributed by atoms with E-state index in [1.165, 1.54) is 0 Å². The van der Waals surface area contributed by atoms with Crippen LogP contribution in [0.3, 0.4) is 0 Å². The number of carbonyl (C=O) groups is 1. The molecule has 34 heavy (non-hydrogen) atoms. The SMILES string of the molecule is O=C(Nc1ccccc1-c1cccc(NCc2cccnc2Br)c1)c1ccnc2ccccc12. The predicted molar refractivity (Wildman–Crippen MR) is 141 cm³/mol. The number of nitrogens with one attached hydrogen (secondary N) is 2. The van der Waals surface area contributed by atoms with Gasteiger partial charge < -0.3 is 10.6 Å². The van der Waals surface area contributed by atoms with E-state index in [9.17, 15) is 4.79 Å². The summed E-state index contributed by atoms with van der Waals surface area (Å²) >= 11 is 3.49. The molecule has 0 aliphatic heterocycles. The average molecular weight is 509 g/mol. The number of anilines is 2. The van der Waals surface area contributed by atoms with Gasteiger partial charge in [0, 0.05) is 46.8 Å². The second kappa shape index (κ2) is 9.85. The molecule has 0 bridgehead atoms. The molecule has 0 radical (unpaired) electrons. The smallest absolute Gasteiger partial charge is 0.256 e. The maximum atomic E-state index is 13.2. The molecule has 6 heteroatoms. The summed E-state index contributed by atoms with van der Waals surface area (Å²) in [5, 5.41) is 7.38. The average Bonchev–Trinajstić information content (AvgIpc) is 2.88. The summed E-state index contributed by atoms with van der Waals surface area (Å²) in [7, 11) is 0. The third-order valence-corrected chi connectivity index (χ3v) is 6.28. The first-order valence-electron chi connectivity index (χ1n) is 10.9. The van der Waals surface area contributed by atoms with Gasteiger partial charge in [0.1, 0.15) is 4.60 Å². The number of benzene rings is 3. The Bertz CT molecular complexity index is 1480. The van der Waals surface area contributed by atoms with Gasteiger partial charge in [-0.25, -0.2) is 4.98 Å². The molecule has 0 unspecified atom stereocenters. The Morgan fingerprint density at radius 1 is 0.824 bits per heavy atom. The summed E-state index contributed by atoms with van der Waals surface area (Å²) < 4.78 is 0.829. The standard InChI is InChI=1S/C28H21BrN4O/c29-27-20(8-6-15-31-27)18-32-21-9-5-7-19(17-21)22-10-1-4-13-26(22)33-28(34)24-14-16-30-25-12-3-2-11-23(24)25/h1-17,32H,18H2,(H,33,34). The molecule has 0 fully saturated rings. The van der Waals surface area contributed by atoms with E-state index >= 15 is 0 Å². The van der Waals surface area contributed by atoms with Crippen LogP contribution >= 0.6 is 15.9 Å². The molecule has 2 aromatic heterocycles. The second-order valence-corrected chi connectivity index (χ2v) is 8.51. The molecular weight excluding hydrogens is 488 g/mol. The number of rotatable bonds is 6. The minimum absolute atomic E-state index is 0.165. The number of pyridine rings is 2. The molecule has 0 aliphatic rings. The Hall–Kier alpha value is -4.03. The summed E-state index contributed by atoms with van der Waals surface area (Å²) in [4.78, 5) is 21.8. The minimum atomic E-state index is -0.165. The number of para-hydroxylation sites is 2. The van der Waals surface area contributed by atoms with Crippen LogP contribution in [-0.4, -0.2) is 15.9 Å². The highest BCUT2D eigenvalue weighted by Gasteiger charge is 2.13. The molecule has 0 saturated carbocycles. The molecule has 3 aromatic carbocycles. The molecule has 0 spiro atoms. The molecule has 166 valence electrons. The molecule has 2 N–H and O–H groups in total. The molecule has 0 saturated heterocycles. The zero-order valence-electron chi connectivity index (χ0n) is 18.2. The Morgan fingerprint density at radius 2 is 1.68 bits per heavy atom. The number of amides is 1. The van der Waals surface area contributed by atoms with Gasteiger partial charge in [0.15, 0.2) is 0 Å². The molecule has 5 nitrogen and oxygen atoms in total. The van der Waals surface area contributed by atoms with Crippen LogP contribution in [0.15, 0.2) is 108 Å². The summed E-state index contributed by atoms with van der Waals surface area (Å²) in [6.07, 6.45) is 3.42. The third-order valence-electron chi connectivity index (χ3n) is 5.56. The molecule has 0 atom stereocenters. The summed E-state index contributed by atoms with van der Waals surface area (Å²) in [6.45, 7) is 0.644. The zero-order chi connectivity index (χ0) is 23.3. The lowest BCUT2D eigenvalue weighted by molar-refractivity contribution is 0.102. The Kier molecular flexibility index (Phi) is 6.31. The lowest BCUT2D eigenvalue weighted by atomic mass is 10.0. The number of halogens is 1. The molecule has 2 heterocycles. The van der Waals surface area contributed by atoms with Crippen LogP contribution in [0, 0.1) is 0 Å². The van der Waals surface area contributed by atoms with Gasteiger partial charge in [-0.15, -0.1) is 0 Å². The maximum Gasteiger partial charge on any atom is 0.256 e. The molecule has 5 rings (SSSR count). The Balaban J connectivity index is 1.40. The van der Waals surface area contributed by atoms with E-state index in [-0.39, 0.29) is 5.91 Å². The monoisotopic (exact) mass is 508 g/mol. The molecule has 0 aliphatic carbocycles. The Labute approximate surface area is 206 Å². The highest BCUT2D eigenvalue weighted by atomic mass is 79.9. The summed E-state index contributed by atoms with van der Waals surface area (Å²) in [5.41, 5.74) is 6.15. The first kappa shape index (κ1) is 21.8. The number of fused-ring (bicyclic) bond motifs is 1. The normalized spacial score (nSPS) is 10.7. The lowest BCUT2D eigenvalue weighted by Crippen LogP contribution is -2.13. The van der Waals surface area contributed by atoms with E-state index in [0.717, 1.165) is 43.6 Å². The van der Waals surface area contributed by atoms with E-state index in [1.54, 1.807) is 18.5 Å². The van der Waals surface area contributed by atoms with Crippen molar-refractivity contribution >= 4 is 44.1 Å². The van der Waals surface area contributed by atoms with E-state index in [1.807, 2.05) is 78.9 Å². The number of nitrogens with zero attached hydrogens (tertiary/aromatic N) is 2. The fourth-order valence-corrected chi connectivity index (χ4v) is 4.26. The van der Waals surface area contributed by atoms with Crippen molar-refractivity contribution in [1.82, 2.24) is 9.97 Å². The minimum Gasteiger partial charge on any atom is -0.381 e. The van der Waals surface area contributed by atoms with E-state index < -0.39 is 0 Å². The van der Waals surface area contributed by atoms with Crippen molar-refractivity contribution in [2.75, 3.05) is 10.6 Å². The largest absolute Gasteiger partial charge is 0.381 e. The van der Waals surface area contributed by atoms with Crippen molar-refractivity contribution in [2.45, 2.75) is 6.54 Å². The maximum absolute atomic E-state index is 13.2. The Morgan fingerprint density at radius 3 is 2.59 bits per heavy atom. The van der Waals surface area contributed by atoms with Gasteiger partial charge in [-0.3, -0.25) is 9.78 Å². The number of hydrogen-bond acceptors (Lipinski definition) is 4. The topological polar surface area (TPSA) is 66.9 Å². The molecule has 1 amide bonds. The van der Waals surface area contributed by atoms with Crippen LogP contribution in [0.25, 0.3) is 22.0 Å². The first-order chi connectivity index (χ1) is 16.7. The highest BCUT2D eigenvalue weighted by Crippen LogP contribution is 2.31. The summed E-state index contributed by atoms with van der Waals surface area (Å²) in [6, 6.07) is 29.3. The van der Waals surface area contributed by atoms with Gasteiger partial charge in [-0.1, -0.05) is 54.6 Å². The van der Waals surface area contributed by atoms with Crippen molar-refractivity contribution in [3.8, 4) is 11.1 Å². The first-order valence-corrected chi connectivity index (χ1v) is 11.7. The van der Waals surface area contributed by atoms with Crippen molar-refractivity contribution in [2.24, 2.45) is 0 Å². The van der Waals surface area contributed by atoms with E-state index in [4.69, 9.17) is 0 Å². The highest BCUT2D eigenvalue weighted by molar-refractivity contribution is 9.10. The number of carbonyl (C=O) groups excluding carboxylic acids is 1. The second-order valence-electron chi connectivity index (χ2n) is 7.76. The quantitative estimate of drug-likeness (QED) is 0.244. The molecular formula is C28H21BrN4O. The van der Waals surface area contributed by atoms with Crippen LogP contribution in [0.5, 0.6) is 0 Å². The van der Waals surface area contributed by atoms with Crippen LogP contribution in [0.1, 0.15) is 15.9 Å². The van der Waals surface area contributed by atoms with Crippen molar-refractivity contribution in [1.29, 1.82) is 0 Å². The van der Waals surface area contributed by atoms with Crippen LogP contribution in [-0.2, 0) is 6.54 Å². The van der Waals surface area contributed by atoms with Crippen LogP contribution in [0.2, 0.25) is 0 Å². The lowest BCUT2D eigenvalue weighted by Gasteiger charge is -2.14. The van der Waals surface area contributed by atoms with Gasteiger partial charge in [0.25, 0.3) is 5.91 Å². The van der Waals surface area contributed by atoms with Gasteiger partial charge in [-0.2, -0.15) is 0 Å². The van der Waals surface area contributed by atoms with Crippen LogP contribution < -0.4 is 10.6 Å². The van der Waals surface area contributed by atoms with E-state index in [0.29, 0.717) is 12.1 Å². The zero-order valence-corrected chi connectivity index (χ0v) is 19.8. The van der Waals surface area contributed by atoms with E-state index in [2.05, 4.69) is 42.6 Å². The number of hydrogen-bond donors (Lipinski definition) is 2. The number of aromatic nitrogens is 2. The van der Waals surface area contributed by atoms with Crippen molar-refractivity contribution in [3.63, 3.8) is 0 Å². The van der Waals surface area contributed by atoms with Crippen molar-refractivity contribution in [3.05, 3.63) is 119 Å². The van der Waals surface area contributed by atoms with Gasteiger partial charge >= 0.3 is 0 Å². The third kappa shape index (κ3) is 4.67. The fourth-order valence-electron chi connectivity index (χ4n) is 3.87.